The van der Waals surface area contributed by atoms with Crippen molar-refractivity contribution in [3.05, 3.63) is 35.9 Å². The van der Waals surface area contributed by atoms with Gasteiger partial charge in [-0.2, -0.15) is 0 Å². The maximum Gasteiger partial charge on any atom is 0.245 e. The van der Waals surface area contributed by atoms with Crippen molar-refractivity contribution < 1.29 is 14.4 Å². The van der Waals surface area contributed by atoms with Gasteiger partial charge in [0.1, 0.15) is 6.04 Å². The summed E-state index contributed by atoms with van der Waals surface area (Å²) in [4.78, 5) is 41.8. The molecule has 0 aromatic heterocycles. The van der Waals surface area contributed by atoms with Crippen LogP contribution in [-0.4, -0.2) is 58.7 Å². The number of amides is 3. The van der Waals surface area contributed by atoms with E-state index in [1.807, 2.05) is 11.0 Å². The highest BCUT2D eigenvalue weighted by Gasteiger charge is 2.50. The topological polar surface area (TPSA) is 69.7 Å². The summed E-state index contributed by atoms with van der Waals surface area (Å²) < 4.78 is 0. The highest BCUT2D eigenvalue weighted by molar-refractivity contribution is 5.91. The molecule has 3 amide bonds. The number of benzene rings is 1. The fraction of sp³-hybridized carbons (Fsp3) is 0.609. The van der Waals surface area contributed by atoms with E-state index in [9.17, 15) is 14.4 Å². The molecule has 4 aliphatic heterocycles. The monoisotopic (exact) mass is 395 g/mol. The van der Waals surface area contributed by atoms with Crippen LogP contribution in [0.25, 0.3) is 0 Å². The lowest BCUT2D eigenvalue weighted by Crippen LogP contribution is -2.66. The quantitative estimate of drug-likeness (QED) is 0.848. The molecular formula is C23H29N3O3. The van der Waals surface area contributed by atoms with Crippen LogP contribution >= 0.6 is 0 Å². The molecule has 1 aromatic rings. The van der Waals surface area contributed by atoms with E-state index in [4.69, 9.17) is 0 Å². The second-order valence-electron chi connectivity index (χ2n) is 9.18. The summed E-state index contributed by atoms with van der Waals surface area (Å²) in [5.74, 6) is 0.991. The minimum absolute atomic E-state index is 0.0217. The lowest BCUT2D eigenvalue weighted by Gasteiger charge is -2.57. The molecule has 29 heavy (non-hydrogen) atoms. The largest absolute Gasteiger partial charge is 0.344 e. The summed E-state index contributed by atoms with van der Waals surface area (Å²) in [5, 5.41) is 2.84. The van der Waals surface area contributed by atoms with Gasteiger partial charge in [0.05, 0.1) is 0 Å². The molecule has 4 heterocycles. The average Bonchev–Trinajstić information content (AvgIpc) is 3.17. The summed E-state index contributed by atoms with van der Waals surface area (Å²) >= 11 is 0. The number of hydrogen-bond donors (Lipinski definition) is 1. The first-order valence-electron chi connectivity index (χ1n) is 11.0. The van der Waals surface area contributed by atoms with Crippen molar-refractivity contribution in [2.24, 2.45) is 11.8 Å². The van der Waals surface area contributed by atoms with Crippen molar-refractivity contribution in [1.29, 1.82) is 0 Å². The molecule has 154 valence electrons. The number of hydrogen-bond acceptors (Lipinski definition) is 3. The van der Waals surface area contributed by atoms with Gasteiger partial charge in [-0.15, -0.1) is 0 Å². The van der Waals surface area contributed by atoms with E-state index in [0.717, 1.165) is 25.7 Å². The highest BCUT2D eigenvalue weighted by Crippen LogP contribution is 2.42. The Morgan fingerprint density at radius 3 is 2.59 bits per heavy atom. The zero-order valence-electron chi connectivity index (χ0n) is 16.8. The van der Waals surface area contributed by atoms with Crippen molar-refractivity contribution in [2.45, 2.75) is 63.1 Å². The molecule has 1 N–H and O–H groups in total. The smallest absolute Gasteiger partial charge is 0.245 e. The van der Waals surface area contributed by atoms with Crippen LogP contribution in [0.4, 0.5) is 0 Å². The highest BCUT2D eigenvalue weighted by atomic mass is 16.2. The van der Waals surface area contributed by atoms with Gasteiger partial charge < -0.3 is 15.1 Å². The van der Waals surface area contributed by atoms with Gasteiger partial charge >= 0.3 is 0 Å². The van der Waals surface area contributed by atoms with E-state index in [2.05, 4.69) is 34.5 Å². The van der Waals surface area contributed by atoms with Gasteiger partial charge in [-0.1, -0.05) is 30.3 Å². The Kier molecular flexibility index (Phi) is 4.80. The summed E-state index contributed by atoms with van der Waals surface area (Å²) in [6.45, 7) is 1.41. The van der Waals surface area contributed by atoms with E-state index in [1.54, 1.807) is 0 Å². The Balaban J connectivity index is 1.40. The second-order valence-corrected chi connectivity index (χ2v) is 9.18. The van der Waals surface area contributed by atoms with E-state index in [0.29, 0.717) is 50.1 Å². The molecule has 5 atom stereocenters. The second kappa shape index (κ2) is 7.47. The first-order chi connectivity index (χ1) is 14.1. The molecule has 5 rings (SSSR count). The fourth-order valence-corrected chi connectivity index (χ4v) is 6.09. The van der Waals surface area contributed by atoms with Crippen LogP contribution in [0.15, 0.2) is 30.3 Å². The van der Waals surface area contributed by atoms with Crippen molar-refractivity contribution in [3.63, 3.8) is 0 Å². The lowest BCUT2D eigenvalue weighted by molar-refractivity contribution is -0.156. The number of carbonyl (C=O) groups is 3. The normalized spacial score (nSPS) is 34.0. The predicted molar refractivity (Wildman–Crippen MR) is 108 cm³/mol. The molecular weight excluding hydrogens is 366 g/mol. The Labute approximate surface area is 171 Å². The van der Waals surface area contributed by atoms with Crippen LogP contribution in [0.1, 0.15) is 44.1 Å². The van der Waals surface area contributed by atoms with E-state index >= 15 is 0 Å². The minimum Gasteiger partial charge on any atom is -0.344 e. The number of fused-ring (bicyclic) bond motifs is 4. The van der Waals surface area contributed by atoms with Gasteiger partial charge in [-0.25, -0.2) is 0 Å². The maximum absolute atomic E-state index is 13.1. The van der Waals surface area contributed by atoms with Crippen LogP contribution in [0.2, 0.25) is 0 Å². The lowest BCUT2D eigenvalue weighted by atomic mass is 9.70. The molecule has 2 bridgehead atoms. The van der Waals surface area contributed by atoms with E-state index < -0.39 is 0 Å². The van der Waals surface area contributed by atoms with Crippen molar-refractivity contribution >= 4 is 17.7 Å². The maximum atomic E-state index is 13.1. The standard InChI is InChI=1S/C23H29N3O3/c27-21-10-9-18(24-21)23(29)25-13-16-12-17(14-25)20(11-15-5-2-1-3-6-15)26-19(16)7-4-8-22(26)28/h1-3,5-6,16-20H,4,7-14H2,(H,24,27)/t16-,17+,18+,19+,20+/m1/s1. The molecule has 6 heteroatoms. The minimum atomic E-state index is -0.363. The van der Waals surface area contributed by atoms with Crippen LogP contribution in [0.3, 0.4) is 0 Å². The number of carbonyl (C=O) groups excluding carboxylic acids is 3. The summed E-state index contributed by atoms with van der Waals surface area (Å²) in [6.07, 6.45) is 5.62. The number of nitrogens with one attached hydrogen (secondary N) is 1. The molecule has 4 saturated heterocycles. The Morgan fingerprint density at radius 1 is 1.03 bits per heavy atom. The third-order valence-corrected chi connectivity index (χ3v) is 7.39. The van der Waals surface area contributed by atoms with Gasteiger partial charge in [0.15, 0.2) is 0 Å². The molecule has 1 aromatic carbocycles. The molecule has 4 aliphatic rings. The first kappa shape index (κ1) is 18.6. The number of piperidine rings is 3. The van der Waals surface area contributed by atoms with Gasteiger partial charge in [0.25, 0.3) is 0 Å². The van der Waals surface area contributed by atoms with Gasteiger partial charge in [-0.05, 0) is 49.5 Å². The molecule has 6 nitrogen and oxygen atoms in total. The number of rotatable bonds is 3. The number of likely N-dealkylation sites (tertiary alicyclic amines) is 1. The van der Waals surface area contributed by atoms with Crippen molar-refractivity contribution in [3.8, 4) is 0 Å². The van der Waals surface area contributed by atoms with Crippen LogP contribution < -0.4 is 5.32 Å². The first-order valence-corrected chi connectivity index (χ1v) is 11.0. The zero-order valence-corrected chi connectivity index (χ0v) is 16.8. The van der Waals surface area contributed by atoms with Crippen LogP contribution in [0, 0.1) is 11.8 Å². The molecule has 0 unspecified atom stereocenters. The molecule has 0 spiro atoms. The average molecular weight is 396 g/mol. The third kappa shape index (κ3) is 3.43. The van der Waals surface area contributed by atoms with E-state index in [1.165, 1.54) is 5.56 Å². The van der Waals surface area contributed by atoms with Crippen molar-refractivity contribution in [1.82, 2.24) is 15.1 Å². The third-order valence-electron chi connectivity index (χ3n) is 7.39. The molecule has 0 radical (unpaired) electrons. The van der Waals surface area contributed by atoms with Crippen molar-refractivity contribution in [2.75, 3.05) is 13.1 Å². The SMILES string of the molecule is O=C1CC[C@@H](C(=O)N2C[C@H]3C[C@@H](C2)[C@H](Cc2ccccc2)N2C(=O)CCC[C@@H]32)N1. The summed E-state index contributed by atoms with van der Waals surface area (Å²) in [7, 11) is 0. The summed E-state index contributed by atoms with van der Waals surface area (Å²) in [6, 6.07) is 10.4. The Morgan fingerprint density at radius 2 is 1.83 bits per heavy atom. The van der Waals surface area contributed by atoms with Gasteiger partial charge in [-0.3, -0.25) is 14.4 Å². The summed E-state index contributed by atoms with van der Waals surface area (Å²) in [5.41, 5.74) is 1.25. The molecule has 4 fully saturated rings. The number of nitrogens with zero attached hydrogens (tertiary/aromatic N) is 2. The Bertz CT molecular complexity index is 811. The fourth-order valence-electron chi connectivity index (χ4n) is 6.09. The van der Waals surface area contributed by atoms with Gasteiger partial charge in [0.2, 0.25) is 17.7 Å². The molecule has 0 aliphatic carbocycles. The zero-order chi connectivity index (χ0) is 20.0. The van der Waals surface area contributed by atoms with Crippen LogP contribution in [0.5, 0.6) is 0 Å². The van der Waals surface area contributed by atoms with E-state index in [-0.39, 0.29) is 29.9 Å². The van der Waals surface area contributed by atoms with Gasteiger partial charge in [0, 0.05) is 38.0 Å². The Hall–Kier alpha value is -2.37. The van der Waals surface area contributed by atoms with Crippen LogP contribution in [-0.2, 0) is 20.8 Å². The molecule has 0 saturated carbocycles. The predicted octanol–water partition coefficient (Wildman–Crippen LogP) is 1.74.